The van der Waals surface area contributed by atoms with Crippen molar-refractivity contribution in [1.29, 1.82) is 0 Å². The molecular formula is C15H22N2O4S2. The Balaban J connectivity index is 1.83. The summed E-state index contributed by atoms with van der Waals surface area (Å²) in [5.74, 6) is 0.164. The topological polar surface area (TPSA) is 66.9 Å². The fraction of sp³-hybridized carbons (Fsp3) is 0.667. The van der Waals surface area contributed by atoms with Gasteiger partial charge in [0.2, 0.25) is 5.91 Å². The third-order valence-corrected chi connectivity index (χ3v) is 8.30. The van der Waals surface area contributed by atoms with Crippen molar-refractivity contribution in [3.05, 3.63) is 17.5 Å². The molecule has 1 aromatic rings. The highest BCUT2D eigenvalue weighted by Gasteiger charge is 2.51. The number of fused-ring (bicyclic) bond motifs is 1. The molecule has 0 aromatic carbocycles. The first-order chi connectivity index (χ1) is 10.9. The highest BCUT2D eigenvalue weighted by molar-refractivity contribution is 7.91. The van der Waals surface area contributed by atoms with Crippen LogP contribution in [-0.2, 0) is 19.6 Å². The molecule has 6 nitrogen and oxygen atoms in total. The summed E-state index contributed by atoms with van der Waals surface area (Å²) < 4.78 is 32.8. The van der Waals surface area contributed by atoms with E-state index in [1.54, 1.807) is 35.9 Å². The number of ether oxygens (including phenoxy) is 1. The van der Waals surface area contributed by atoms with Crippen LogP contribution in [0.1, 0.15) is 13.3 Å². The van der Waals surface area contributed by atoms with Gasteiger partial charge in [-0.25, -0.2) is 8.42 Å². The SMILES string of the molecule is COC[C@@]12CCN(S(=O)(=O)c3cccs3)C[C@@H]1CN(C(C)=O)C2. The molecule has 23 heavy (non-hydrogen) atoms. The zero-order valence-electron chi connectivity index (χ0n) is 13.4. The number of thiophene rings is 1. The summed E-state index contributed by atoms with van der Waals surface area (Å²) in [4.78, 5) is 13.6. The van der Waals surface area contributed by atoms with E-state index in [0.29, 0.717) is 37.0 Å². The predicted molar refractivity (Wildman–Crippen MR) is 87.7 cm³/mol. The number of methoxy groups -OCH3 is 1. The molecule has 0 unspecified atom stereocenters. The molecule has 0 saturated carbocycles. The molecule has 0 N–H and O–H groups in total. The second kappa shape index (κ2) is 6.16. The average Bonchev–Trinajstić information content (AvgIpc) is 3.14. The van der Waals surface area contributed by atoms with Crippen LogP contribution in [0.4, 0.5) is 0 Å². The van der Waals surface area contributed by atoms with Crippen LogP contribution in [-0.4, -0.2) is 63.4 Å². The summed E-state index contributed by atoms with van der Waals surface area (Å²) >= 11 is 1.24. The van der Waals surface area contributed by atoms with Gasteiger partial charge in [0, 0.05) is 45.6 Å². The van der Waals surface area contributed by atoms with Crippen molar-refractivity contribution in [2.75, 3.05) is 39.9 Å². The lowest BCUT2D eigenvalue weighted by molar-refractivity contribution is -0.128. The van der Waals surface area contributed by atoms with Crippen molar-refractivity contribution in [1.82, 2.24) is 9.21 Å². The first-order valence-electron chi connectivity index (χ1n) is 7.67. The van der Waals surface area contributed by atoms with Crippen LogP contribution < -0.4 is 0 Å². The van der Waals surface area contributed by atoms with E-state index in [4.69, 9.17) is 4.74 Å². The quantitative estimate of drug-likeness (QED) is 0.813. The number of hydrogen-bond donors (Lipinski definition) is 0. The summed E-state index contributed by atoms with van der Waals surface area (Å²) in [6.07, 6.45) is 0.722. The summed E-state index contributed by atoms with van der Waals surface area (Å²) in [6, 6.07) is 3.40. The Labute approximate surface area is 141 Å². The molecule has 3 heterocycles. The molecule has 0 spiro atoms. The maximum Gasteiger partial charge on any atom is 0.252 e. The van der Waals surface area contributed by atoms with E-state index in [1.807, 2.05) is 4.90 Å². The van der Waals surface area contributed by atoms with Gasteiger partial charge >= 0.3 is 0 Å². The molecule has 2 atom stereocenters. The van der Waals surface area contributed by atoms with Gasteiger partial charge in [-0.05, 0) is 23.8 Å². The molecule has 0 bridgehead atoms. The molecule has 8 heteroatoms. The molecule has 128 valence electrons. The fourth-order valence-corrected chi connectivity index (χ4v) is 6.40. The Morgan fingerprint density at radius 3 is 2.87 bits per heavy atom. The number of nitrogens with zero attached hydrogens (tertiary/aromatic N) is 2. The van der Waals surface area contributed by atoms with Gasteiger partial charge in [0.25, 0.3) is 10.0 Å². The third-order valence-electron chi connectivity index (χ3n) is 5.06. The smallest absolute Gasteiger partial charge is 0.252 e. The maximum atomic E-state index is 12.7. The molecular weight excluding hydrogens is 336 g/mol. The Hall–Kier alpha value is -0.960. The number of carbonyl (C=O) groups excluding carboxylic acids is 1. The van der Waals surface area contributed by atoms with Gasteiger partial charge in [-0.2, -0.15) is 4.31 Å². The van der Waals surface area contributed by atoms with Crippen molar-refractivity contribution in [3.8, 4) is 0 Å². The number of hydrogen-bond acceptors (Lipinski definition) is 5. The number of amides is 1. The van der Waals surface area contributed by atoms with Crippen molar-refractivity contribution in [2.45, 2.75) is 17.6 Å². The maximum absolute atomic E-state index is 12.7. The molecule has 1 aromatic heterocycles. The van der Waals surface area contributed by atoms with Gasteiger partial charge in [0.05, 0.1) is 6.61 Å². The molecule has 3 rings (SSSR count). The minimum absolute atomic E-state index is 0.0440. The van der Waals surface area contributed by atoms with Gasteiger partial charge in [-0.1, -0.05) is 6.07 Å². The highest BCUT2D eigenvalue weighted by atomic mass is 32.2. The van der Waals surface area contributed by atoms with Crippen LogP contribution in [0.5, 0.6) is 0 Å². The Morgan fingerprint density at radius 2 is 2.26 bits per heavy atom. The van der Waals surface area contributed by atoms with E-state index in [0.717, 1.165) is 6.42 Å². The first kappa shape index (κ1) is 16.9. The second-order valence-corrected chi connectivity index (χ2v) is 9.55. The van der Waals surface area contributed by atoms with E-state index < -0.39 is 10.0 Å². The van der Waals surface area contributed by atoms with E-state index in [1.165, 1.54) is 11.3 Å². The number of carbonyl (C=O) groups is 1. The van der Waals surface area contributed by atoms with Crippen LogP contribution in [0.25, 0.3) is 0 Å². The van der Waals surface area contributed by atoms with Crippen LogP contribution in [0, 0.1) is 11.3 Å². The lowest BCUT2D eigenvalue weighted by Crippen LogP contribution is -2.50. The molecule has 0 aliphatic carbocycles. The zero-order valence-corrected chi connectivity index (χ0v) is 15.0. The van der Waals surface area contributed by atoms with E-state index >= 15 is 0 Å². The van der Waals surface area contributed by atoms with Crippen molar-refractivity contribution in [3.63, 3.8) is 0 Å². The third kappa shape index (κ3) is 2.93. The summed E-state index contributed by atoms with van der Waals surface area (Å²) in [5.41, 5.74) is -0.123. The van der Waals surface area contributed by atoms with Crippen LogP contribution >= 0.6 is 11.3 Å². The minimum Gasteiger partial charge on any atom is -0.384 e. The largest absolute Gasteiger partial charge is 0.384 e. The second-order valence-electron chi connectivity index (χ2n) is 6.44. The van der Waals surface area contributed by atoms with Gasteiger partial charge < -0.3 is 9.64 Å². The first-order valence-corrected chi connectivity index (χ1v) is 9.99. The number of rotatable bonds is 4. The zero-order chi connectivity index (χ0) is 16.7. The monoisotopic (exact) mass is 358 g/mol. The highest BCUT2D eigenvalue weighted by Crippen LogP contribution is 2.44. The molecule has 2 fully saturated rings. The number of likely N-dealkylation sites (tertiary alicyclic amines) is 1. The molecule has 2 aliphatic rings. The average molecular weight is 358 g/mol. The lowest BCUT2D eigenvalue weighted by atomic mass is 9.74. The number of piperidine rings is 1. The molecule has 0 radical (unpaired) electrons. The Morgan fingerprint density at radius 1 is 1.48 bits per heavy atom. The van der Waals surface area contributed by atoms with E-state index in [2.05, 4.69) is 0 Å². The minimum atomic E-state index is -3.43. The van der Waals surface area contributed by atoms with Crippen LogP contribution in [0.15, 0.2) is 21.7 Å². The fourth-order valence-electron chi connectivity index (χ4n) is 3.77. The normalized spacial score (nSPS) is 28.8. The van der Waals surface area contributed by atoms with E-state index in [9.17, 15) is 13.2 Å². The molecule has 1 amide bonds. The summed E-state index contributed by atoms with van der Waals surface area (Å²) in [6.45, 7) is 4.33. The lowest BCUT2D eigenvalue weighted by Gasteiger charge is -2.42. The summed E-state index contributed by atoms with van der Waals surface area (Å²) in [7, 11) is -1.77. The van der Waals surface area contributed by atoms with Crippen molar-refractivity contribution in [2.24, 2.45) is 11.3 Å². The van der Waals surface area contributed by atoms with E-state index in [-0.39, 0.29) is 17.2 Å². The Kier molecular flexibility index (Phi) is 4.52. The van der Waals surface area contributed by atoms with Gasteiger partial charge in [0.1, 0.15) is 4.21 Å². The summed E-state index contributed by atoms with van der Waals surface area (Å²) in [5, 5.41) is 1.78. The van der Waals surface area contributed by atoms with Crippen molar-refractivity contribution >= 4 is 27.3 Å². The standard InChI is InChI=1S/C15H22N2O4S2/c1-12(18)16-8-13-9-17(6-5-15(13,10-16)11-21-2)23(19,20)14-4-3-7-22-14/h3-4,7,13H,5-6,8-11H2,1-2H3/t13-,15-/m0/s1. The van der Waals surface area contributed by atoms with Gasteiger partial charge in [-0.3, -0.25) is 4.79 Å². The van der Waals surface area contributed by atoms with Crippen LogP contribution in [0.2, 0.25) is 0 Å². The predicted octanol–water partition coefficient (Wildman–Crippen LogP) is 1.25. The van der Waals surface area contributed by atoms with Gasteiger partial charge in [0.15, 0.2) is 0 Å². The Bertz CT molecular complexity index is 674. The van der Waals surface area contributed by atoms with Crippen LogP contribution in [0.3, 0.4) is 0 Å². The number of sulfonamides is 1. The molecule has 2 saturated heterocycles. The van der Waals surface area contributed by atoms with Gasteiger partial charge in [-0.15, -0.1) is 11.3 Å². The molecule has 2 aliphatic heterocycles. The van der Waals surface area contributed by atoms with Crippen molar-refractivity contribution < 1.29 is 17.9 Å².